The second-order valence-corrected chi connectivity index (χ2v) is 16.5. The summed E-state index contributed by atoms with van der Waals surface area (Å²) in [6, 6.07) is 31.2. The molecule has 0 aliphatic carbocycles. The van der Waals surface area contributed by atoms with Crippen LogP contribution in [-0.2, 0) is 16.1 Å². The second kappa shape index (κ2) is 27.8. The van der Waals surface area contributed by atoms with Crippen molar-refractivity contribution in [2.24, 2.45) is 0 Å². The Bertz CT molecular complexity index is 2320. The molecule has 0 atom stereocenters. The van der Waals surface area contributed by atoms with Gasteiger partial charge in [0.05, 0.1) is 26.9 Å². The van der Waals surface area contributed by atoms with Crippen molar-refractivity contribution in [2.45, 2.75) is 46.8 Å². The third-order valence-corrected chi connectivity index (χ3v) is 10.3. The molecule has 16 nitrogen and oxygen atoms in total. The molecule has 68 heavy (non-hydrogen) atoms. The van der Waals surface area contributed by atoms with E-state index in [9.17, 15) is 4.79 Å². The van der Waals surface area contributed by atoms with Crippen LogP contribution in [0, 0.1) is 0 Å². The van der Waals surface area contributed by atoms with Gasteiger partial charge in [-0.1, -0.05) is 50.2 Å². The van der Waals surface area contributed by atoms with E-state index in [-0.39, 0.29) is 25.7 Å². The first-order chi connectivity index (χ1) is 33.0. The quantitative estimate of drug-likeness (QED) is 0.0353. The minimum atomic E-state index is -0.474. The van der Waals surface area contributed by atoms with Crippen molar-refractivity contribution in [3.8, 4) is 39.5 Å². The van der Waals surface area contributed by atoms with Crippen molar-refractivity contribution in [1.82, 2.24) is 35.1 Å². The minimum absolute atomic E-state index is 0.0590. The Labute approximate surface area is 400 Å². The molecule has 0 amide bonds. The first-order valence-electron chi connectivity index (χ1n) is 22.9. The number of rotatable bonds is 25. The number of nitrogens with zero attached hydrogens (tertiary/aromatic N) is 6. The normalized spacial score (nSPS) is 11.1. The molecule has 362 valence electrons. The van der Waals surface area contributed by atoms with Crippen LogP contribution in [0.25, 0.3) is 22.3 Å². The van der Waals surface area contributed by atoms with E-state index in [1.54, 1.807) is 31.9 Å². The Morgan fingerprint density at radius 2 is 1.00 bits per heavy atom. The van der Waals surface area contributed by atoms with E-state index < -0.39 is 5.60 Å². The van der Waals surface area contributed by atoms with Crippen molar-refractivity contribution in [3.05, 3.63) is 127 Å². The maximum Gasteiger partial charge on any atom is 0.320 e. The molecule has 0 radical (unpaired) electrons. The monoisotopic (exact) mass is 930 g/mol. The van der Waals surface area contributed by atoms with E-state index in [2.05, 4.69) is 54.6 Å². The third-order valence-electron chi connectivity index (χ3n) is 10.3. The van der Waals surface area contributed by atoms with Gasteiger partial charge in [0.2, 0.25) is 11.9 Å². The van der Waals surface area contributed by atoms with Gasteiger partial charge >= 0.3 is 5.97 Å². The Morgan fingerprint density at radius 1 is 0.574 bits per heavy atom. The fourth-order valence-corrected chi connectivity index (χ4v) is 6.64. The van der Waals surface area contributed by atoms with E-state index in [0.29, 0.717) is 51.3 Å². The van der Waals surface area contributed by atoms with E-state index in [1.165, 1.54) is 0 Å². The van der Waals surface area contributed by atoms with Crippen molar-refractivity contribution >= 4 is 29.2 Å². The van der Waals surface area contributed by atoms with Crippen LogP contribution in [0.15, 0.2) is 122 Å². The van der Waals surface area contributed by atoms with Gasteiger partial charge in [0.25, 0.3) is 0 Å². The lowest BCUT2D eigenvalue weighted by Crippen LogP contribution is -2.33. The van der Waals surface area contributed by atoms with Crippen molar-refractivity contribution in [2.75, 3.05) is 90.0 Å². The van der Waals surface area contributed by atoms with Crippen LogP contribution in [0.5, 0.6) is 17.2 Å². The Kier molecular flexibility index (Phi) is 21.4. The number of aliphatic hydroxyl groups is 2. The average molecular weight is 930 g/mol. The van der Waals surface area contributed by atoms with E-state index in [0.717, 1.165) is 76.1 Å². The molecular formula is C52H67N9O7. The fourth-order valence-electron chi connectivity index (χ4n) is 6.64. The number of likely N-dealkylation sites (N-methyl/N-ethyl adjacent to an activating group) is 1. The number of carbonyl (C=O) groups excluding carboxylic acids is 1. The third kappa shape index (κ3) is 18.5. The SMILES string of the molecule is CCN(CC)CCOc1ccc(Nc2ncc(-c3ccc(CNCC(=O)OC(C)(C)C)cc3)cn2)cc1.COc1ccc(-c2cnc(Nc3ccc(OCCN(CCO)CCO)cc3)nc2)cc1. The second-order valence-electron chi connectivity index (χ2n) is 16.5. The first kappa shape index (κ1) is 52.3. The molecule has 6 aromatic rings. The van der Waals surface area contributed by atoms with Crippen LogP contribution >= 0.6 is 0 Å². The van der Waals surface area contributed by atoms with Gasteiger partial charge in [-0.2, -0.15) is 0 Å². The minimum Gasteiger partial charge on any atom is -0.497 e. The zero-order valence-electron chi connectivity index (χ0n) is 40.2. The van der Waals surface area contributed by atoms with Crippen LogP contribution < -0.4 is 30.2 Å². The highest BCUT2D eigenvalue weighted by molar-refractivity contribution is 5.72. The Balaban J connectivity index is 0.000000258. The number of carbonyl (C=O) groups is 1. The molecule has 0 fully saturated rings. The van der Waals surface area contributed by atoms with Crippen LogP contribution in [0.2, 0.25) is 0 Å². The first-order valence-corrected chi connectivity index (χ1v) is 22.9. The van der Waals surface area contributed by atoms with Crippen LogP contribution in [0.4, 0.5) is 23.3 Å². The van der Waals surface area contributed by atoms with Gasteiger partial charge in [0.15, 0.2) is 0 Å². The molecule has 16 heteroatoms. The number of anilines is 4. The largest absolute Gasteiger partial charge is 0.497 e. The molecule has 5 N–H and O–H groups in total. The summed E-state index contributed by atoms with van der Waals surface area (Å²) in [6.07, 6.45) is 7.16. The maximum absolute atomic E-state index is 11.8. The smallest absolute Gasteiger partial charge is 0.320 e. The summed E-state index contributed by atoms with van der Waals surface area (Å²) in [6.45, 7) is 16.6. The lowest BCUT2D eigenvalue weighted by Gasteiger charge is -2.20. The highest BCUT2D eigenvalue weighted by atomic mass is 16.6. The van der Waals surface area contributed by atoms with E-state index >= 15 is 0 Å². The summed E-state index contributed by atoms with van der Waals surface area (Å²) in [5.74, 6) is 3.18. The van der Waals surface area contributed by atoms with Crippen LogP contribution in [0.1, 0.15) is 40.2 Å². The molecule has 0 aliphatic rings. The van der Waals surface area contributed by atoms with Gasteiger partial charge in [-0.25, -0.2) is 19.9 Å². The topological polar surface area (TPSA) is 189 Å². The standard InChI is InChI=1S/C29H39N5O3.C23H28N4O4/c1-6-34(7-2)16-17-36-26-14-12-25(13-15-26)33-28-31-19-24(20-32-28)23-10-8-22(9-11-23)18-30-21-27(35)37-29(3,4)5;1-30-21-6-2-18(3-7-21)19-16-24-23(25-17-19)26-20-4-8-22(9-5-20)31-15-12-27(10-13-28)11-14-29/h8-15,19-20,30H,6-7,16-18,21H2,1-5H3,(H,31,32,33);2-9,16-17,28-29H,10-15H2,1H3,(H,24,25,26). The predicted octanol–water partition coefficient (Wildman–Crippen LogP) is 7.60. The van der Waals surface area contributed by atoms with E-state index in [4.69, 9.17) is 29.2 Å². The number of aromatic nitrogens is 4. The van der Waals surface area contributed by atoms with Gasteiger partial charge in [-0.15, -0.1) is 0 Å². The number of esters is 1. The number of aliphatic hydroxyl groups excluding tert-OH is 2. The zero-order chi connectivity index (χ0) is 48.6. The van der Waals surface area contributed by atoms with Gasteiger partial charge in [-0.3, -0.25) is 9.69 Å². The summed E-state index contributed by atoms with van der Waals surface area (Å²) in [4.78, 5) is 33.8. The molecule has 0 bridgehead atoms. The molecule has 0 spiro atoms. The molecule has 2 aromatic heterocycles. The average Bonchev–Trinajstić information content (AvgIpc) is 3.34. The summed E-state index contributed by atoms with van der Waals surface area (Å²) < 4.78 is 22.1. The van der Waals surface area contributed by atoms with Crippen LogP contribution in [-0.4, -0.2) is 131 Å². The number of methoxy groups -OCH3 is 1. The van der Waals surface area contributed by atoms with Gasteiger partial charge in [-0.05, 0) is 111 Å². The van der Waals surface area contributed by atoms with Gasteiger partial charge < -0.3 is 50.0 Å². The molecule has 0 unspecified atom stereocenters. The maximum atomic E-state index is 11.8. The molecule has 0 aliphatic heterocycles. The number of ether oxygens (including phenoxy) is 4. The summed E-state index contributed by atoms with van der Waals surface area (Å²) >= 11 is 0. The lowest BCUT2D eigenvalue weighted by atomic mass is 10.1. The van der Waals surface area contributed by atoms with Crippen molar-refractivity contribution in [1.29, 1.82) is 0 Å². The van der Waals surface area contributed by atoms with Crippen molar-refractivity contribution < 1.29 is 34.0 Å². The molecule has 6 rings (SSSR count). The molecule has 2 heterocycles. The Morgan fingerprint density at radius 3 is 1.41 bits per heavy atom. The van der Waals surface area contributed by atoms with Gasteiger partial charge in [0, 0.05) is 80.0 Å². The fraction of sp³-hybridized carbons (Fsp3) is 0.365. The van der Waals surface area contributed by atoms with Crippen LogP contribution in [0.3, 0.4) is 0 Å². The predicted molar refractivity (Wildman–Crippen MR) is 268 cm³/mol. The highest BCUT2D eigenvalue weighted by Crippen LogP contribution is 2.24. The number of hydrogen-bond acceptors (Lipinski definition) is 16. The highest BCUT2D eigenvalue weighted by Gasteiger charge is 2.15. The molecule has 4 aromatic carbocycles. The lowest BCUT2D eigenvalue weighted by molar-refractivity contribution is -0.153. The summed E-state index contributed by atoms with van der Waals surface area (Å²) in [5.41, 5.74) is 6.24. The van der Waals surface area contributed by atoms with Gasteiger partial charge in [0.1, 0.15) is 36.1 Å². The Hall–Kier alpha value is -6.69. The summed E-state index contributed by atoms with van der Waals surface area (Å²) in [5, 5.41) is 27.6. The van der Waals surface area contributed by atoms with E-state index in [1.807, 2.05) is 123 Å². The molecule has 0 saturated heterocycles. The number of benzene rings is 4. The zero-order valence-corrected chi connectivity index (χ0v) is 40.2. The number of nitrogens with one attached hydrogen (secondary N) is 3. The number of hydrogen-bond donors (Lipinski definition) is 5. The molecule has 0 saturated carbocycles. The molecular weight excluding hydrogens is 863 g/mol. The summed E-state index contributed by atoms with van der Waals surface area (Å²) in [7, 11) is 1.64. The van der Waals surface area contributed by atoms with Crippen molar-refractivity contribution in [3.63, 3.8) is 0 Å².